The second-order valence-electron chi connectivity index (χ2n) is 4.46. The van der Waals surface area contributed by atoms with Gasteiger partial charge in [0.15, 0.2) is 5.78 Å². The standard InChI is InChI=1S/C13H15BrFNOS/c1-16-4-5-18-8-12(16)13(17)7-9-2-3-11(15)10(14)6-9/h2-3,6,12H,4-5,7-8H2,1H3. The minimum atomic E-state index is -0.295. The van der Waals surface area contributed by atoms with Crippen molar-refractivity contribution in [2.45, 2.75) is 12.5 Å². The molecule has 5 heteroatoms. The summed E-state index contributed by atoms with van der Waals surface area (Å²) >= 11 is 4.96. The summed E-state index contributed by atoms with van der Waals surface area (Å²) in [6, 6.07) is 4.75. The summed E-state index contributed by atoms with van der Waals surface area (Å²) in [5.41, 5.74) is 0.859. The van der Waals surface area contributed by atoms with Crippen molar-refractivity contribution in [1.29, 1.82) is 0 Å². The second-order valence-corrected chi connectivity index (χ2v) is 6.47. The van der Waals surface area contributed by atoms with Crippen LogP contribution in [0.2, 0.25) is 0 Å². The summed E-state index contributed by atoms with van der Waals surface area (Å²) in [5, 5.41) is 0. The van der Waals surface area contributed by atoms with E-state index >= 15 is 0 Å². The molecule has 1 unspecified atom stereocenters. The van der Waals surface area contributed by atoms with Gasteiger partial charge in [0.1, 0.15) is 5.82 Å². The lowest BCUT2D eigenvalue weighted by Gasteiger charge is -2.30. The maximum absolute atomic E-state index is 13.1. The van der Waals surface area contributed by atoms with Gasteiger partial charge in [-0.2, -0.15) is 11.8 Å². The van der Waals surface area contributed by atoms with Crippen LogP contribution in [0.5, 0.6) is 0 Å². The second kappa shape index (κ2) is 6.17. The van der Waals surface area contributed by atoms with E-state index in [0.717, 1.165) is 23.6 Å². The lowest BCUT2D eigenvalue weighted by molar-refractivity contribution is -0.122. The minimum Gasteiger partial charge on any atom is -0.298 e. The Kier molecular flexibility index (Phi) is 4.81. The molecule has 2 nitrogen and oxygen atoms in total. The summed E-state index contributed by atoms with van der Waals surface area (Å²) < 4.78 is 13.5. The predicted molar refractivity (Wildman–Crippen MR) is 76.6 cm³/mol. The third-order valence-electron chi connectivity index (χ3n) is 3.13. The number of benzene rings is 1. The van der Waals surface area contributed by atoms with Crippen LogP contribution in [0, 0.1) is 5.82 Å². The third-order valence-corrected chi connectivity index (χ3v) is 4.76. The van der Waals surface area contributed by atoms with Crippen LogP contribution in [0.1, 0.15) is 5.56 Å². The van der Waals surface area contributed by atoms with Crippen LogP contribution in [-0.4, -0.2) is 41.8 Å². The van der Waals surface area contributed by atoms with E-state index < -0.39 is 0 Å². The van der Waals surface area contributed by atoms with Crippen LogP contribution < -0.4 is 0 Å². The zero-order valence-corrected chi connectivity index (χ0v) is 12.6. The number of halogens is 2. The van der Waals surface area contributed by atoms with Crippen molar-refractivity contribution >= 4 is 33.5 Å². The number of likely N-dealkylation sites (N-methyl/N-ethyl adjacent to an activating group) is 1. The van der Waals surface area contributed by atoms with E-state index in [-0.39, 0.29) is 17.6 Å². The molecule has 1 atom stereocenters. The zero-order chi connectivity index (χ0) is 13.1. The Bertz CT molecular complexity index is 455. The average molecular weight is 332 g/mol. The molecule has 0 radical (unpaired) electrons. The van der Waals surface area contributed by atoms with E-state index in [2.05, 4.69) is 20.8 Å². The van der Waals surface area contributed by atoms with Crippen molar-refractivity contribution in [3.63, 3.8) is 0 Å². The van der Waals surface area contributed by atoms with Crippen molar-refractivity contribution in [3.8, 4) is 0 Å². The van der Waals surface area contributed by atoms with Gasteiger partial charge < -0.3 is 0 Å². The van der Waals surface area contributed by atoms with Gasteiger partial charge >= 0.3 is 0 Å². The molecule has 0 amide bonds. The van der Waals surface area contributed by atoms with Gasteiger partial charge in [0, 0.05) is 24.5 Å². The molecule has 0 bridgehead atoms. The number of nitrogens with zero attached hydrogens (tertiary/aromatic N) is 1. The molecule has 98 valence electrons. The lowest BCUT2D eigenvalue weighted by atomic mass is 10.0. The Balaban J connectivity index is 2.04. The average Bonchev–Trinajstić information content (AvgIpc) is 2.34. The van der Waals surface area contributed by atoms with Crippen LogP contribution in [0.15, 0.2) is 22.7 Å². The van der Waals surface area contributed by atoms with Crippen LogP contribution >= 0.6 is 27.7 Å². The number of hydrogen-bond donors (Lipinski definition) is 0. The maximum Gasteiger partial charge on any atom is 0.155 e. The molecule has 2 rings (SSSR count). The third kappa shape index (κ3) is 3.33. The largest absolute Gasteiger partial charge is 0.298 e. The lowest BCUT2D eigenvalue weighted by Crippen LogP contribution is -2.45. The molecule has 1 aromatic carbocycles. The molecule has 0 saturated carbocycles. The molecule has 1 aromatic rings. The van der Waals surface area contributed by atoms with Gasteiger partial charge in [-0.1, -0.05) is 6.07 Å². The highest BCUT2D eigenvalue weighted by molar-refractivity contribution is 9.10. The number of Topliss-reactive ketones (excluding diaryl/α,β-unsaturated/α-hetero) is 1. The normalized spacial score (nSPS) is 20.9. The first-order valence-electron chi connectivity index (χ1n) is 5.82. The van der Waals surface area contributed by atoms with Crippen LogP contribution in [-0.2, 0) is 11.2 Å². The summed E-state index contributed by atoms with van der Waals surface area (Å²) in [4.78, 5) is 14.3. The Morgan fingerprint density at radius 3 is 3.06 bits per heavy atom. The number of carbonyl (C=O) groups excluding carboxylic acids is 1. The van der Waals surface area contributed by atoms with Crippen molar-refractivity contribution in [1.82, 2.24) is 4.90 Å². The van der Waals surface area contributed by atoms with E-state index in [0.29, 0.717) is 10.9 Å². The number of hydrogen-bond acceptors (Lipinski definition) is 3. The van der Waals surface area contributed by atoms with Gasteiger partial charge in [0.2, 0.25) is 0 Å². The van der Waals surface area contributed by atoms with Gasteiger partial charge in [-0.3, -0.25) is 9.69 Å². The van der Waals surface area contributed by atoms with E-state index in [9.17, 15) is 9.18 Å². The summed E-state index contributed by atoms with van der Waals surface area (Å²) in [6.45, 7) is 0.953. The fourth-order valence-corrected chi connectivity index (χ4v) is 3.67. The van der Waals surface area contributed by atoms with Crippen molar-refractivity contribution < 1.29 is 9.18 Å². The zero-order valence-electron chi connectivity index (χ0n) is 10.2. The SMILES string of the molecule is CN1CCSCC1C(=O)Cc1ccc(F)c(Br)c1. The van der Waals surface area contributed by atoms with Crippen molar-refractivity contribution in [2.75, 3.05) is 25.1 Å². The molecule has 0 aliphatic carbocycles. The van der Waals surface area contributed by atoms with E-state index in [4.69, 9.17) is 0 Å². The fourth-order valence-electron chi connectivity index (χ4n) is 1.99. The minimum absolute atomic E-state index is 0.00687. The first kappa shape index (κ1) is 14.0. The topological polar surface area (TPSA) is 20.3 Å². The quantitative estimate of drug-likeness (QED) is 0.849. The van der Waals surface area contributed by atoms with Gasteiger partial charge in [0.25, 0.3) is 0 Å². The molecular formula is C13H15BrFNOS. The first-order chi connectivity index (χ1) is 8.58. The first-order valence-corrected chi connectivity index (χ1v) is 7.77. The molecule has 1 aliphatic heterocycles. The van der Waals surface area contributed by atoms with Crippen molar-refractivity contribution in [2.24, 2.45) is 0 Å². The monoisotopic (exact) mass is 331 g/mol. The molecule has 1 aliphatic rings. The predicted octanol–water partition coefficient (Wildman–Crippen LogP) is 2.75. The van der Waals surface area contributed by atoms with Crippen LogP contribution in [0.4, 0.5) is 4.39 Å². The molecule has 1 saturated heterocycles. The molecule has 1 fully saturated rings. The summed E-state index contributed by atoms with van der Waals surface area (Å²) in [7, 11) is 1.99. The number of rotatable bonds is 3. The Morgan fingerprint density at radius 2 is 2.39 bits per heavy atom. The number of ketones is 1. The molecule has 0 aromatic heterocycles. The molecule has 0 N–H and O–H groups in total. The smallest absolute Gasteiger partial charge is 0.155 e. The van der Waals surface area contributed by atoms with E-state index in [1.807, 2.05) is 18.8 Å². The fraction of sp³-hybridized carbons (Fsp3) is 0.462. The molecule has 18 heavy (non-hydrogen) atoms. The van der Waals surface area contributed by atoms with E-state index in [1.54, 1.807) is 12.1 Å². The Morgan fingerprint density at radius 1 is 1.61 bits per heavy atom. The van der Waals surface area contributed by atoms with Crippen molar-refractivity contribution in [3.05, 3.63) is 34.1 Å². The Labute approximate surface area is 119 Å². The molecule has 1 heterocycles. The molecular weight excluding hydrogens is 317 g/mol. The number of thioether (sulfide) groups is 1. The van der Waals surface area contributed by atoms with Gasteiger partial charge in [0.05, 0.1) is 10.5 Å². The Hall–Kier alpha value is -0.390. The highest BCUT2D eigenvalue weighted by Crippen LogP contribution is 2.20. The van der Waals surface area contributed by atoms with Crippen LogP contribution in [0.25, 0.3) is 0 Å². The molecule has 0 spiro atoms. The van der Waals surface area contributed by atoms with Crippen LogP contribution in [0.3, 0.4) is 0 Å². The van der Waals surface area contributed by atoms with Gasteiger partial charge in [-0.15, -0.1) is 0 Å². The summed E-state index contributed by atoms with van der Waals surface area (Å²) in [6.07, 6.45) is 0.369. The number of carbonyl (C=O) groups is 1. The van der Waals surface area contributed by atoms with E-state index in [1.165, 1.54) is 6.07 Å². The maximum atomic E-state index is 13.1. The summed E-state index contributed by atoms with van der Waals surface area (Å²) in [5.74, 6) is 1.86. The van der Waals surface area contributed by atoms with Gasteiger partial charge in [-0.05, 0) is 40.7 Å². The van der Waals surface area contributed by atoms with Gasteiger partial charge in [-0.25, -0.2) is 4.39 Å². The highest BCUT2D eigenvalue weighted by atomic mass is 79.9. The highest BCUT2D eigenvalue weighted by Gasteiger charge is 2.26.